The van der Waals surface area contributed by atoms with E-state index in [1.807, 2.05) is 0 Å². The zero-order valence-corrected chi connectivity index (χ0v) is 19.0. The third kappa shape index (κ3) is 6.65. The highest BCUT2D eigenvalue weighted by molar-refractivity contribution is 7.89. The summed E-state index contributed by atoms with van der Waals surface area (Å²) in [6, 6.07) is 12.6. The molecule has 0 bridgehead atoms. The van der Waals surface area contributed by atoms with E-state index in [1.165, 1.54) is 12.1 Å². The highest BCUT2D eigenvalue weighted by atomic mass is 35.5. The average molecular weight is 487 g/mol. The van der Waals surface area contributed by atoms with Crippen LogP contribution >= 0.6 is 23.2 Å². The van der Waals surface area contributed by atoms with E-state index in [0.29, 0.717) is 29.4 Å². The fourth-order valence-electron chi connectivity index (χ4n) is 3.41. The molecule has 0 aromatic heterocycles. The summed E-state index contributed by atoms with van der Waals surface area (Å²) in [5.41, 5.74) is 0.816. The van der Waals surface area contributed by atoms with Crippen LogP contribution in [0.5, 0.6) is 0 Å². The van der Waals surface area contributed by atoms with Gasteiger partial charge in [0, 0.05) is 6.54 Å². The highest BCUT2D eigenvalue weighted by Crippen LogP contribution is 2.24. The number of sulfonamides is 1. The standard InChI is InChI=1S/C21H24Cl2N2O5S/c22-17-8-6-14(10-18(17)23)12-24-21(27)11-15-7-9-19(20(13-26)30-15)25-31(28,29)16-4-2-1-3-5-16/h1-6,8,10,15,19-20,25-26H,7,9,11-13H2,(H,24,27)/t15-,19-,20-/m0/s1. The topological polar surface area (TPSA) is 105 Å². The summed E-state index contributed by atoms with van der Waals surface area (Å²) in [6.07, 6.45) is -0.111. The first-order valence-corrected chi connectivity index (χ1v) is 12.1. The van der Waals surface area contributed by atoms with Crippen molar-refractivity contribution in [3.63, 3.8) is 0 Å². The van der Waals surface area contributed by atoms with Crippen LogP contribution in [0.2, 0.25) is 10.0 Å². The van der Waals surface area contributed by atoms with Gasteiger partial charge in [-0.3, -0.25) is 4.79 Å². The van der Waals surface area contributed by atoms with Crippen LogP contribution in [-0.2, 0) is 26.1 Å². The number of aliphatic hydroxyl groups is 1. The number of nitrogens with one attached hydrogen (secondary N) is 2. The zero-order valence-electron chi connectivity index (χ0n) is 16.6. The Balaban J connectivity index is 1.52. The van der Waals surface area contributed by atoms with E-state index < -0.39 is 28.3 Å². The molecule has 1 amide bonds. The molecule has 7 nitrogen and oxygen atoms in total. The van der Waals surface area contributed by atoms with Gasteiger partial charge >= 0.3 is 0 Å². The Morgan fingerprint density at radius 1 is 1.10 bits per heavy atom. The molecule has 1 saturated heterocycles. The Labute approximate surface area is 191 Å². The second kappa shape index (κ2) is 10.8. The summed E-state index contributed by atoms with van der Waals surface area (Å²) < 4.78 is 33.5. The predicted molar refractivity (Wildman–Crippen MR) is 118 cm³/mol. The van der Waals surface area contributed by atoms with Crippen molar-refractivity contribution in [2.45, 2.75) is 49.0 Å². The number of rotatable bonds is 8. The lowest BCUT2D eigenvalue weighted by Crippen LogP contribution is -2.51. The molecule has 0 aliphatic carbocycles. The lowest BCUT2D eigenvalue weighted by atomic mass is 9.98. The molecule has 1 heterocycles. The molecule has 0 radical (unpaired) electrons. The van der Waals surface area contributed by atoms with Crippen molar-refractivity contribution in [3.8, 4) is 0 Å². The predicted octanol–water partition coefficient (Wildman–Crippen LogP) is 2.89. The first kappa shape index (κ1) is 24.0. The number of amides is 1. The van der Waals surface area contributed by atoms with E-state index in [1.54, 1.807) is 36.4 Å². The molecule has 168 valence electrons. The van der Waals surface area contributed by atoms with Crippen molar-refractivity contribution in [2.75, 3.05) is 6.61 Å². The Bertz CT molecular complexity index is 1000. The molecule has 3 N–H and O–H groups in total. The van der Waals surface area contributed by atoms with E-state index in [9.17, 15) is 18.3 Å². The van der Waals surface area contributed by atoms with Crippen LogP contribution in [0.15, 0.2) is 53.4 Å². The SMILES string of the molecule is O=C(C[C@@H]1CC[C@H](NS(=O)(=O)c2ccccc2)[C@H](CO)O1)NCc1ccc(Cl)c(Cl)c1. The highest BCUT2D eigenvalue weighted by Gasteiger charge is 2.34. The summed E-state index contributed by atoms with van der Waals surface area (Å²) in [5, 5.41) is 13.4. The number of carbonyl (C=O) groups excluding carboxylic acids is 1. The monoisotopic (exact) mass is 486 g/mol. The number of carbonyl (C=O) groups is 1. The largest absolute Gasteiger partial charge is 0.394 e. The van der Waals surface area contributed by atoms with E-state index in [4.69, 9.17) is 27.9 Å². The maximum Gasteiger partial charge on any atom is 0.240 e. The number of ether oxygens (including phenoxy) is 1. The van der Waals surface area contributed by atoms with E-state index >= 15 is 0 Å². The Morgan fingerprint density at radius 3 is 2.52 bits per heavy atom. The van der Waals surface area contributed by atoms with E-state index in [0.717, 1.165) is 5.56 Å². The van der Waals surface area contributed by atoms with Crippen LogP contribution in [0.3, 0.4) is 0 Å². The van der Waals surface area contributed by atoms with Gasteiger partial charge < -0.3 is 15.2 Å². The first-order chi connectivity index (χ1) is 14.8. The first-order valence-electron chi connectivity index (χ1n) is 9.83. The number of halogens is 2. The lowest BCUT2D eigenvalue weighted by molar-refractivity contribution is -0.130. The Kier molecular flexibility index (Phi) is 8.32. The molecule has 0 saturated carbocycles. The molecule has 10 heteroatoms. The third-order valence-corrected chi connectivity index (χ3v) is 7.29. The maximum absolute atomic E-state index is 12.6. The molecule has 2 aromatic carbocycles. The minimum absolute atomic E-state index is 0.107. The van der Waals surface area contributed by atoms with Gasteiger partial charge in [-0.15, -0.1) is 0 Å². The van der Waals surface area contributed by atoms with Gasteiger partial charge in [0.1, 0.15) is 0 Å². The van der Waals surface area contributed by atoms with Crippen molar-refractivity contribution in [1.29, 1.82) is 0 Å². The normalized spacial score (nSPS) is 21.6. The molecule has 3 rings (SSSR count). The minimum Gasteiger partial charge on any atom is -0.394 e. The Morgan fingerprint density at radius 2 is 1.84 bits per heavy atom. The molecule has 3 atom stereocenters. The van der Waals surface area contributed by atoms with Crippen molar-refractivity contribution in [2.24, 2.45) is 0 Å². The molecule has 1 aliphatic heterocycles. The van der Waals surface area contributed by atoms with Crippen LogP contribution < -0.4 is 10.0 Å². The van der Waals surface area contributed by atoms with Gasteiger partial charge in [-0.2, -0.15) is 0 Å². The van der Waals surface area contributed by atoms with Crippen molar-refractivity contribution in [1.82, 2.24) is 10.0 Å². The fourth-order valence-corrected chi connectivity index (χ4v) is 5.05. The Hall–Kier alpha value is -1.68. The number of aliphatic hydroxyl groups excluding tert-OH is 1. The molecular formula is C21H24Cl2N2O5S. The number of benzene rings is 2. The van der Waals surface area contributed by atoms with Gasteiger partial charge in [-0.05, 0) is 42.7 Å². The minimum atomic E-state index is -3.73. The van der Waals surface area contributed by atoms with Crippen LogP contribution in [0, 0.1) is 0 Å². The molecule has 0 spiro atoms. The number of hydrogen-bond acceptors (Lipinski definition) is 5. The van der Waals surface area contributed by atoms with Crippen molar-refractivity contribution < 1.29 is 23.1 Å². The summed E-state index contributed by atoms with van der Waals surface area (Å²) in [4.78, 5) is 12.5. The van der Waals surface area contributed by atoms with Crippen LogP contribution in [0.25, 0.3) is 0 Å². The molecular weight excluding hydrogens is 463 g/mol. The lowest BCUT2D eigenvalue weighted by Gasteiger charge is -2.35. The van der Waals surface area contributed by atoms with Gasteiger partial charge in [0.2, 0.25) is 15.9 Å². The fraction of sp³-hybridized carbons (Fsp3) is 0.381. The van der Waals surface area contributed by atoms with Crippen LogP contribution in [0.1, 0.15) is 24.8 Å². The zero-order chi connectivity index (χ0) is 22.4. The van der Waals surface area contributed by atoms with Crippen molar-refractivity contribution in [3.05, 3.63) is 64.1 Å². The molecule has 1 aliphatic rings. The van der Waals surface area contributed by atoms with Crippen molar-refractivity contribution >= 4 is 39.1 Å². The van der Waals surface area contributed by atoms with Crippen LogP contribution in [0.4, 0.5) is 0 Å². The van der Waals surface area contributed by atoms with Gasteiger partial charge in [-0.25, -0.2) is 13.1 Å². The second-order valence-electron chi connectivity index (χ2n) is 7.33. The smallest absolute Gasteiger partial charge is 0.240 e. The second-order valence-corrected chi connectivity index (χ2v) is 9.85. The quantitative estimate of drug-likeness (QED) is 0.531. The van der Waals surface area contributed by atoms with Crippen LogP contribution in [-0.4, -0.2) is 44.3 Å². The van der Waals surface area contributed by atoms with E-state index in [-0.39, 0.29) is 23.8 Å². The van der Waals surface area contributed by atoms with Gasteiger partial charge in [0.05, 0.1) is 46.2 Å². The van der Waals surface area contributed by atoms with Gasteiger partial charge in [0.15, 0.2) is 0 Å². The number of hydrogen-bond donors (Lipinski definition) is 3. The van der Waals surface area contributed by atoms with E-state index in [2.05, 4.69) is 10.0 Å². The summed E-state index contributed by atoms with van der Waals surface area (Å²) >= 11 is 11.9. The average Bonchev–Trinajstić information content (AvgIpc) is 2.76. The van der Waals surface area contributed by atoms with Gasteiger partial charge in [0.25, 0.3) is 0 Å². The summed E-state index contributed by atoms with van der Waals surface area (Å²) in [5.74, 6) is -0.212. The molecule has 31 heavy (non-hydrogen) atoms. The summed E-state index contributed by atoms with van der Waals surface area (Å²) in [6.45, 7) is -0.0608. The maximum atomic E-state index is 12.6. The third-order valence-electron chi connectivity index (χ3n) is 5.04. The van der Waals surface area contributed by atoms with Gasteiger partial charge in [-0.1, -0.05) is 47.5 Å². The molecule has 0 unspecified atom stereocenters. The molecule has 2 aromatic rings. The molecule has 1 fully saturated rings. The summed E-state index contributed by atoms with van der Waals surface area (Å²) in [7, 11) is -3.73.